The van der Waals surface area contributed by atoms with Gasteiger partial charge < -0.3 is 15.5 Å². The lowest BCUT2D eigenvalue weighted by Gasteiger charge is -2.18. The van der Waals surface area contributed by atoms with Crippen LogP contribution >= 0.6 is 0 Å². The van der Waals surface area contributed by atoms with Crippen LogP contribution in [-0.2, 0) is 0 Å². The number of hydrogen-bond acceptors (Lipinski definition) is 3. The van der Waals surface area contributed by atoms with E-state index in [0.717, 1.165) is 12.2 Å². The molecule has 1 aromatic rings. The summed E-state index contributed by atoms with van der Waals surface area (Å²) < 4.78 is 0. The van der Waals surface area contributed by atoms with E-state index in [1.165, 1.54) is 0 Å². The van der Waals surface area contributed by atoms with E-state index >= 15 is 0 Å². The van der Waals surface area contributed by atoms with E-state index in [2.05, 4.69) is 10.6 Å². The fourth-order valence-corrected chi connectivity index (χ4v) is 2.10. The molecule has 0 radical (unpaired) electrons. The van der Waals surface area contributed by atoms with E-state index < -0.39 is 0 Å². The van der Waals surface area contributed by atoms with E-state index in [1.807, 2.05) is 19.2 Å². The second-order valence-electron chi connectivity index (χ2n) is 4.76. The molecule has 3 amide bonds. The van der Waals surface area contributed by atoms with Crippen LogP contribution in [0.4, 0.5) is 10.5 Å². The van der Waals surface area contributed by atoms with Gasteiger partial charge in [-0.3, -0.25) is 9.69 Å². The van der Waals surface area contributed by atoms with Crippen LogP contribution in [0.15, 0.2) is 24.3 Å². The number of hydrogen-bond donors (Lipinski definition) is 2. The summed E-state index contributed by atoms with van der Waals surface area (Å²) in [6.07, 6.45) is 0. The van der Waals surface area contributed by atoms with Gasteiger partial charge in [0.05, 0.1) is 0 Å². The quantitative estimate of drug-likeness (QED) is 0.823. The van der Waals surface area contributed by atoms with Crippen molar-refractivity contribution < 1.29 is 9.59 Å². The van der Waals surface area contributed by atoms with Crippen molar-refractivity contribution in [3.63, 3.8) is 0 Å². The molecule has 1 aliphatic heterocycles. The highest BCUT2D eigenvalue weighted by molar-refractivity contribution is 5.96. The molecule has 0 aliphatic carbocycles. The average molecular weight is 276 g/mol. The Morgan fingerprint density at radius 2 is 2.10 bits per heavy atom. The number of amides is 3. The van der Waals surface area contributed by atoms with Gasteiger partial charge in [-0.05, 0) is 31.3 Å². The maximum atomic E-state index is 12.2. The number of carbonyl (C=O) groups excluding carboxylic acids is 2. The summed E-state index contributed by atoms with van der Waals surface area (Å²) >= 11 is 0. The van der Waals surface area contributed by atoms with Crippen molar-refractivity contribution in [3.05, 3.63) is 29.8 Å². The maximum absolute atomic E-state index is 12.2. The fraction of sp³-hybridized carbons (Fsp3) is 0.429. The Kier molecular flexibility index (Phi) is 4.57. The van der Waals surface area contributed by atoms with Gasteiger partial charge in [-0.2, -0.15) is 0 Å². The van der Waals surface area contributed by atoms with E-state index in [-0.39, 0.29) is 11.9 Å². The van der Waals surface area contributed by atoms with Crippen molar-refractivity contribution in [1.82, 2.24) is 15.5 Å². The molecule has 1 heterocycles. The predicted octanol–water partition coefficient (Wildman–Crippen LogP) is 0.508. The first-order valence-corrected chi connectivity index (χ1v) is 6.69. The summed E-state index contributed by atoms with van der Waals surface area (Å²) in [6.45, 7) is 2.74. The monoisotopic (exact) mass is 276 g/mol. The zero-order valence-electron chi connectivity index (χ0n) is 11.8. The lowest BCUT2D eigenvalue weighted by molar-refractivity contribution is 0.0797. The van der Waals surface area contributed by atoms with Crippen molar-refractivity contribution >= 4 is 17.6 Å². The number of nitrogens with zero attached hydrogens (tertiary/aromatic N) is 2. The van der Waals surface area contributed by atoms with Crippen molar-refractivity contribution in [1.29, 1.82) is 0 Å². The van der Waals surface area contributed by atoms with Crippen LogP contribution in [0, 0.1) is 0 Å². The summed E-state index contributed by atoms with van der Waals surface area (Å²) in [7, 11) is 3.63. The van der Waals surface area contributed by atoms with Gasteiger partial charge in [0.15, 0.2) is 0 Å². The van der Waals surface area contributed by atoms with Crippen LogP contribution in [-0.4, -0.2) is 57.1 Å². The number of benzene rings is 1. The Labute approximate surface area is 118 Å². The molecule has 1 aromatic carbocycles. The summed E-state index contributed by atoms with van der Waals surface area (Å²) in [5.41, 5.74) is 1.45. The molecule has 0 saturated carbocycles. The first-order chi connectivity index (χ1) is 9.63. The van der Waals surface area contributed by atoms with E-state index in [4.69, 9.17) is 0 Å². The van der Waals surface area contributed by atoms with Crippen LogP contribution in [0.5, 0.6) is 0 Å². The lowest BCUT2D eigenvalue weighted by Crippen LogP contribution is -2.32. The normalized spacial score (nSPS) is 14.3. The minimum Gasteiger partial charge on any atom is -0.340 e. The minimum absolute atomic E-state index is 0.0160. The highest BCUT2D eigenvalue weighted by atomic mass is 16.2. The molecular weight excluding hydrogens is 256 g/mol. The number of likely N-dealkylation sites (N-methyl/N-ethyl adjacent to an activating group) is 2. The van der Waals surface area contributed by atoms with Crippen molar-refractivity contribution in [2.75, 3.05) is 45.2 Å². The van der Waals surface area contributed by atoms with E-state index in [1.54, 1.807) is 29.0 Å². The van der Waals surface area contributed by atoms with Crippen LogP contribution in [0.3, 0.4) is 0 Å². The summed E-state index contributed by atoms with van der Waals surface area (Å²) in [5.74, 6) is -0.0160. The molecule has 20 heavy (non-hydrogen) atoms. The number of anilines is 1. The smallest absolute Gasteiger partial charge is 0.321 e. The first kappa shape index (κ1) is 14.3. The molecule has 2 rings (SSSR count). The molecule has 0 spiro atoms. The zero-order valence-corrected chi connectivity index (χ0v) is 11.8. The lowest BCUT2D eigenvalue weighted by atomic mass is 10.1. The Morgan fingerprint density at radius 1 is 1.40 bits per heavy atom. The van der Waals surface area contributed by atoms with Gasteiger partial charge in [-0.1, -0.05) is 0 Å². The van der Waals surface area contributed by atoms with Crippen LogP contribution in [0.2, 0.25) is 0 Å². The first-order valence-electron chi connectivity index (χ1n) is 6.69. The molecular formula is C14H20N4O2. The van der Waals surface area contributed by atoms with Gasteiger partial charge in [0.2, 0.25) is 0 Å². The van der Waals surface area contributed by atoms with Gasteiger partial charge >= 0.3 is 6.03 Å². The molecule has 1 fully saturated rings. The SMILES string of the molecule is CNCCN(C)C(=O)c1ccc(N2CCNC2=O)cc1. The van der Waals surface area contributed by atoms with E-state index in [9.17, 15) is 9.59 Å². The van der Waals surface area contributed by atoms with E-state index in [0.29, 0.717) is 25.2 Å². The molecule has 0 unspecified atom stereocenters. The Hall–Kier alpha value is -2.08. The Bertz CT molecular complexity index is 486. The largest absolute Gasteiger partial charge is 0.340 e. The van der Waals surface area contributed by atoms with Gasteiger partial charge in [-0.15, -0.1) is 0 Å². The summed E-state index contributed by atoms with van der Waals surface area (Å²) in [6, 6.07) is 7.06. The van der Waals surface area contributed by atoms with Crippen LogP contribution in [0.1, 0.15) is 10.4 Å². The molecule has 0 atom stereocenters. The summed E-state index contributed by atoms with van der Waals surface area (Å²) in [5, 5.41) is 5.76. The topological polar surface area (TPSA) is 64.7 Å². The van der Waals surface area contributed by atoms with Crippen LogP contribution < -0.4 is 15.5 Å². The van der Waals surface area contributed by atoms with Crippen molar-refractivity contribution in [2.45, 2.75) is 0 Å². The zero-order chi connectivity index (χ0) is 14.5. The molecule has 0 aromatic heterocycles. The number of carbonyl (C=O) groups is 2. The second kappa shape index (κ2) is 6.38. The number of urea groups is 1. The Morgan fingerprint density at radius 3 is 2.65 bits per heavy atom. The molecule has 6 heteroatoms. The molecule has 1 aliphatic rings. The van der Waals surface area contributed by atoms with Gasteiger partial charge in [-0.25, -0.2) is 4.79 Å². The maximum Gasteiger partial charge on any atom is 0.321 e. The molecule has 108 valence electrons. The third-order valence-corrected chi connectivity index (χ3v) is 3.33. The fourth-order valence-electron chi connectivity index (χ4n) is 2.10. The van der Waals surface area contributed by atoms with Crippen molar-refractivity contribution in [2.24, 2.45) is 0 Å². The molecule has 0 bridgehead atoms. The number of nitrogens with one attached hydrogen (secondary N) is 2. The average Bonchev–Trinajstić information content (AvgIpc) is 2.90. The Balaban J connectivity index is 2.04. The third kappa shape index (κ3) is 3.08. The van der Waals surface area contributed by atoms with Gasteiger partial charge in [0, 0.05) is 44.5 Å². The molecule has 6 nitrogen and oxygen atoms in total. The van der Waals surface area contributed by atoms with Crippen LogP contribution in [0.25, 0.3) is 0 Å². The third-order valence-electron chi connectivity index (χ3n) is 3.33. The van der Waals surface area contributed by atoms with Crippen molar-refractivity contribution in [3.8, 4) is 0 Å². The molecule has 2 N–H and O–H groups in total. The van der Waals surface area contributed by atoms with Gasteiger partial charge in [0.1, 0.15) is 0 Å². The summed E-state index contributed by atoms with van der Waals surface area (Å²) in [4.78, 5) is 27.0. The molecule has 1 saturated heterocycles. The van der Waals surface area contributed by atoms with Gasteiger partial charge in [0.25, 0.3) is 5.91 Å². The minimum atomic E-state index is -0.0878. The number of rotatable bonds is 5. The highest BCUT2D eigenvalue weighted by Crippen LogP contribution is 2.17. The second-order valence-corrected chi connectivity index (χ2v) is 4.76. The highest BCUT2D eigenvalue weighted by Gasteiger charge is 2.21. The standard InChI is InChI=1S/C14H20N4O2/c1-15-7-9-17(2)13(19)11-3-5-12(6-4-11)18-10-8-16-14(18)20/h3-6,15H,7-10H2,1-2H3,(H,16,20). The predicted molar refractivity (Wildman–Crippen MR) is 78.1 cm³/mol.